The summed E-state index contributed by atoms with van der Waals surface area (Å²) in [5, 5.41) is 12.0. The Kier molecular flexibility index (Phi) is 9.47. The van der Waals surface area contributed by atoms with Gasteiger partial charge in [-0.2, -0.15) is 0 Å². The quantitative estimate of drug-likeness (QED) is 0.344. The van der Waals surface area contributed by atoms with E-state index in [0.717, 1.165) is 34.6 Å². The van der Waals surface area contributed by atoms with Gasteiger partial charge in [-0.25, -0.2) is 4.98 Å². The van der Waals surface area contributed by atoms with Crippen LogP contribution in [0, 0.1) is 12.8 Å². The SMILES string of the molecule is Cc1oc(-c2ccccc2)nc1CCOc1ccc(CCC(=O)O)c(CNC(=O)CCC(C)C)c1. The molecule has 7 heteroatoms. The van der Waals surface area contributed by atoms with Gasteiger partial charge >= 0.3 is 5.97 Å². The second-order valence-corrected chi connectivity index (χ2v) is 9.02. The molecule has 0 aliphatic rings. The lowest BCUT2D eigenvalue weighted by atomic mass is 10.0. The molecule has 1 aromatic heterocycles. The monoisotopic (exact) mass is 478 g/mol. The van der Waals surface area contributed by atoms with E-state index < -0.39 is 5.97 Å². The third-order valence-corrected chi connectivity index (χ3v) is 5.73. The lowest BCUT2D eigenvalue weighted by Crippen LogP contribution is -2.23. The number of ether oxygens (including phenoxy) is 1. The van der Waals surface area contributed by atoms with Crippen molar-refractivity contribution in [3.8, 4) is 17.2 Å². The molecule has 2 aromatic carbocycles. The predicted octanol–water partition coefficient (Wildman–Crippen LogP) is 5.34. The number of aryl methyl sites for hydroxylation is 2. The fourth-order valence-electron chi connectivity index (χ4n) is 3.67. The van der Waals surface area contributed by atoms with Crippen molar-refractivity contribution in [1.29, 1.82) is 0 Å². The molecule has 3 aromatic rings. The minimum absolute atomic E-state index is 0.00932. The number of oxazole rings is 1. The summed E-state index contributed by atoms with van der Waals surface area (Å²) in [4.78, 5) is 27.9. The van der Waals surface area contributed by atoms with Gasteiger partial charge in [-0.3, -0.25) is 9.59 Å². The lowest BCUT2D eigenvalue weighted by molar-refractivity contribution is -0.137. The minimum atomic E-state index is -0.852. The zero-order valence-electron chi connectivity index (χ0n) is 20.7. The van der Waals surface area contributed by atoms with E-state index in [1.165, 1.54) is 0 Å². The molecule has 35 heavy (non-hydrogen) atoms. The number of nitrogens with zero attached hydrogens (tertiary/aromatic N) is 1. The summed E-state index contributed by atoms with van der Waals surface area (Å²) in [6, 6.07) is 15.4. The van der Waals surface area contributed by atoms with Crippen molar-refractivity contribution in [2.45, 2.75) is 59.4 Å². The Labute approximate surface area is 206 Å². The number of hydrogen-bond acceptors (Lipinski definition) is 5. The maximum Gasteiger partial charge on any atom is 0.303 e. The van der Waals surface area contributed by atoms with E-state index in [0.29, 0.717) is 50.0 Å². The highest BCUT2D eigenvalue weighted by molar-refractivity contribution is 5.75. The van der Waals surface area contributed by atoms with E-state index in [9.17, 15) is 9.59 Å². The molecule has 0 aliphatic carbocycles. The van der Waals surface area contributed by atoms with Crippen molar-refractivity contribution in [3.05, 3.63) is 71.1 Å². The van der Waals surface area contributed by atoms with Crippen molar-refractivity contribution in [2.75, 3.05) is 6.61 Å². The Morgan fingerprint density at radius 1 is 1.06 bits per heavy atom. The first kappa shape index (κ1) is 26.0. The zero-order valence-corrected chi connectivity index (χ0v) is 20.7. The summed E-state index contributed by atoms with van der Waals surface area (Å²) in [5.41, 5.74) is 3.54. The predicted molar refractivity (Wildman–Crippen MR) is 134 cm³/mol. The number of carboxylic acids is 1. The van der Waals surface area contributed by atoms with Crippen LogP contribution in [-0.4, -0.2) is 28.6 Å². The van der Waals surface area contributed by atoms with E-state index in [1.54, 1.807) is 0 Å². The first-order chi connectivity index (χ1) is 16.8. The van der Waals surface area contributed by atoms with Gasteiger partial charge < -0.3 is 19.6 Å². The van der Waals surface area contributed by atoms with Gasteiger partial charge in [0.25, 0.3) is 0 Å². The third kappa shape index (κ3) is 8.28. The molecule has 1 heterocycles. The standard InChI is InChI=1S/C28H34N2O5/c1-19(2)9-13-26(31)29-18-23-17-24(12-10-21(23)11-14-27(32)33)34-16-15-25-20(3)35-28(30-25)22-7-5-4-6-8-22/h4-8,10,12,17,19H,9,11,13-16,18H2,1-3H3,(H,29,31)(H,32,33). The van der Waals surface area contributed by atoms with Gasteiger partial charge in [-0.1, -0.05) is 38.1 Å². The van der Waals surface area contributed by atoms with Crippen LogP contribution in [0.1, 0.15) is 55.7 Å². The summed E-state index contributed by atoms with van der Waals surface area (Å²) < 4.78 is 11.8. The minimum Gasteiger partial charge on any atom is -0.493 e. The van der Waals surface area contributed by atoms with Crippen molar-refractivity contribution in [1.82, 2.24) is 10.3 Å². The van der Waals surface area contributed by atoms with Crippen LogP contribution in [0.5, 0.6) is 5.75 Å². The van der Waals surface area contributed by atoms with Crippen LogP contribution in [0.15, 0.2) is 52.9 Å². The van der Waals surface area contributed by atoms with Crippen LogP contribution in [0.3, 0.4) is 0 Å². The zero-order chi connectivity index (χ0) is 25.2. The molecule has 2 N–H and O–H groups in total. The molecule has 0 aliphatic heterocycles. The van der Waals surface area contributed by atoms with Crippen molar-refractivity contribution in [2.24, 2.45) is 5.92 Å². The molecule has 0 unspecified atom stereocenters. The Morgan fingerprint density at radius 3 is 2.54 bits per heavy atom. The first-order valence-electron chi connectivity index (χ1n) is 12.1. The summed E-state index contributed by atoms with van der Waals surface area (Å²) in [5.74, 6) is 1.62. The number of amides is 1. The number of carbonyl (C=O) groups is 2. The molecule has 186 valence electrons. The van der Waals surface area contributed by atoms with E-state index in [2.05, 4.69) is 24.1 Å². The van der Waals surface area contributed by atoms with Crippen LogP contribution in [0.25, 0.3) is 11.5 Å². The maximum absolute atomic E-state index is 12.2. The lowest BCUT2D eigenvalue weighted by Gasteiger charge is -2.14. The molecular weight excluding hydrogens is 444 g/mol. The highest BCUT2D eigenvalue weighted by Crippen LogP contribution is 2.23. The van der Waals surface area contributed by atoms with E-state index in [-0.39, 0.29) is 12.3 Å². The number of aliphatic carboxylic acids is 1. The Balaban J connectivity index is 1.62. The fraction of sp³-hybridized carbons (Fsp3) is 0.393. The molecule has 0 bridgehead atoms. The first-order valence-corrected chi connectivity index (χ1v) is 12.1. The second kappa shape index (κ2) is 12.7. The number of nitrogens with one attached hydrogen (secondary N) is 1. The fourth-order valence-corrected chi connectivity index (χ4v) is 3.67. The van der Waals surface area contributed by atoms with Gasteiger partial charge in [0.05, 0.1) is 12.3 Å². The molecule has 1 amide bonds. The molecule has 3 rings (SSSR count). The smallest absolute Gasteiger partial charge is 0.303 e. The van der Waals surface area contributed by atoms with Crippen LogP contribution in [0.4, 0.5) is 0 Å². The van der Waals surface area contributed by atoms with Gasteiger partial charge in [-0.15, -0.1) is 0 Å². The normalized spacial score (nSPS) is 11.0. The summed E-state index contributed by atoms with van der Waals surface area (Å²) in [7, 11) is 0. The summed E-state index contributed by atoms with van der Waals surface area (Å²) in [6.45, 7) is 6.82. The van der Waals surface area contributed by atoms with Crippen LogP contribution < -0.4 is 10.1 Å². The summed E-state index contributed by atoms with van der Waals surface area (Å²) >= 11 is 0. The van der Waals surface area contributed by atoms with E-state index in [4.69, 9.17) is 14.3 Å². The van der Waals surface area contributed by atoms with Gasteiger partial charge in [0.15, 0.2) is 0 Å². The number of carbonyl (C=O) groups excluding carboxylic acids is 1. The molecule has 0 fully saturated rings. The molecule has 0 radical (unpaired) electrons. The average molecular weight is 479 g/mol. The van der Waals surface area contributed by atoms with Crippen molar-refractivity contribution in [3.63, 3.8) is 0 Å². The number of hydrogen-bond donors (Lipinski definition) is 2. The van der Waals surface area contributed by atoms with Gasteiger partial charge in [0, 0.05) is 31.4 Å². The molecule has 0 spiro atoms. The largest absolute Gasteiger partial charge is 0.493 e. The number of benzene rings is 2. The maximum atomic E-state index is 12.2. The Morgan fingerprint density at radius 2 is 1.83 bits per heavy atom. The van der Waals surface area contributed by atoms with Gasteiger partial charge in [-0.05, 0) is 61.1 Å². The number of carboxylic acid groups (broad SMARTS) is 1. The molecule has 0 saturated heterocycles. The Hall–Kier alpha value is -3.61. The molecule has 0 atom stereocenters. The average Bonchev–Trinajstić information content (AvgIpc) is 3.21. The Bertz CT molecular complexity index is 1120. The summed E-state index contributed by atoms with van der Waals surface area (Å²) in [6.07, 6.45) is 2.32. The molecule has 0 saturated carbocycles. The van der Waals surface area contributed by atoms with E-state index in [1.807, 2.05) is 55.5 Å². The number of aromatic nitrogens is 1. The van der Waals surface area contributed by atoms with Crippen molar-refractivity contribution < 1.29 is 23.8 Å². The topological polar surface area (TPSA) is 102 Å². The van der Waals surface area contributed by atoms with Gasteiger partial charge in [0.2, 0.25) is 11.8 Å². The highest BCUT2D eigenvalue weighted by Gasteiger charge is 2.13. The van der Waals surface area contributed by atoms with Crippen LogP contribution in [0.2, 0.25) is 0 Å². The highest BCUT2D eigenvalue weighted by atomic mass is 16.5. The van der Waals surface area contributed by atoms with Crippen molar-refractivity contribution >= 4 is 11.9 Å². The molecular formula is C28H34N2O5. The van der Waals surface area contributed by atoms with Crippen LogP contribution >= 0.6 is 0 Å². The van der Waals surface area contributed by atoms with Gasteiger partial charge in [0.1, 0.15) is 11.5 Å². The molecule has 7 nitrogen and oxygen atoms in total. The van der Waals surface area contributed by atoms with E-state index >= 15 is 0 Å². The second-order valence-electron chi connectivity index (χ2n) is 9.02. The third-order valence-electron chi connectivity index (χ3n) is 5.73. The number of rotatable bonds is 13. The van der Waals surface area contributed by atoms with Crippen LogP contribution in [-0.2, 0) is 29.0 Å².